The Kier molecular flexibility index (Phi) is 6.37. The van der Waals surface area contributed by atoms with Crippen LogP contribution < -0.4 is 5.32 Å². The second kappa shape index (κ2) is 8.93. The molecule has 2 heterocycles. The number of esters is 1. The number of hydrogen-bond acceptors (Lipinski definition) is 3. The van der Waals surface area contributed by atoms with Crippen LogP contribution in [0.25, 0.3) is 10.9 Å². The van der Waals surface area contributed by atoms with Crippen LogP contribution in [0.2, 0.25) is 0 Å². The van der Waals surface area contributed by atoms with Gasteiger partial charge in [-0.1, -0.05) is 18.2 Å². The molecule has 0 unspecified atom stereocenters. The molecule has 27 heavy (non-hydrogen) atoms. The van der Waals surface area contributed by atoms with Gasteiger partial charge >= 0.3 is 5.97 Å². The van der Waals surface area contributed by atoms with E-state index in [0.29, 0.717) is 6.61 Å². The highest BCUT2D eigenvalue weighted by Crippen LogP contribution is 2.22. The fraction of sp³-hybridized carbons (Fsp3) is 0.524. The van der Waals surface area contributed by atoms with Crippen LogP contribution in [0.15, 0.2) is 29.3 Å². The molecule has 0 saturated carbocycles. The molecule has 6 heteroatoms. The molecule has 1 aromatic heterocycles. The highest BCUT2D eigenvalue weighted by molar-refractivity contribution is 5.85. The number of rotatable bonds is 5. The molecular weight excluding hydrogens is 340 g/mol. The summed E-state index contributed by atoms with van der Waals surface area (Å²) in [5, 5.41) is 4.78. The summed E-state index contributed by atoms with van der Waals surface area (Å²) in [6.45, 7) is 6.92. The molecule has 0 atom stereocenters. The number of guanidine groups is 1. The molecule has 146 valence electrons. The predicted octanol–water partition coefficient (Wildman–Crippen LogP) is 2.87. The number of hydrogen-bond donors (Lipinski definition) is 2. The molecule has 1 fully saturated rings. The Bertz CT molecular complexity index is 804. The molecule has 0 amide bonds. The lowest BCUT2D eigenvalue weighted by Gasteiger charge is -2.33. The number of carbonyl (C=O) groups is 1. The number of carbonyl (C=O) groups excluding carboxylic acids is 1. The first-order chi connectivity index (χ1) is 13.1. The van der Waals surface area contributed by atoms with Gasteiger partial charge in [0.1, 0.15) is 0 Å². The SMILES string of the molecule is CCOC(=O)C1CCN(C(=NC)NCCc2c(C)[nH]c3ccccc23)CC1. The summed E-state index contributed by atoms with van der Waals surface area (Å²) < 4.78 is 5.15. The minimum atomic E-state index is -0.0603. The van der Waals surface area contributed by atoms with Crippen molar-refractivity contribution in [3.05, 3.63) is 35.5 Å². The van der Waals surface area contributed by atoms with Gasteiger partial charge in [-0.3, -0.25) is 9.79 Å². The first-order valence-electron chi connectivity index (χ1n) is 9.82. The highest BCUT2D eigenvalue weighted by atomic mass is 16.5. The Morgan fingerprint density at radius 1 is 1.33 bits per heavy atom. The van der Waals surface area contributed by atoms with Crippen molar-refractivity contribution in [2.75, 3.05) is 33.3 Å². The number of likely N-dealkylation sites (tertiary alicyclic amines) is 1. The Morgan fingerprint density at radius 3 is 2.78 bits per heavy atom. The first-order valence-corrected chi connectivity index (χ1v) is 9.82. The van der Waals surface area contributed by atoms with Crippen molar-refractivity contribution < 1.29 is 9.53 Å². The van der Waals surface area contributed by atoms with Gasteiger partial charge < -0.3 is 19.9 Å². The molecule has 3 rings (SSSR count). The van der Waals surface area contributed by atoms with Gasteiger partial charge in [0.2, 0.25) is 0 Å². The Morgan fingerprint density at radius 2 is 2.07 bits per heavy atom. The van der Waals surface area contributed by atoms with Crippen molar-refractivity contribution in [1.29, 1.82) is 0 Å². The number of ether oxygens (including phenoxy) is 1. The summed E-state index contributed by atoms with van der Waals surface area (Å²) in [5.74, 6) is 0.873. The maximum Gasteiger partial charge on any atom is 0.309 e. The molecule has 1 aliphatic rings. The molecule has 2 aromatic rings. The van der Waals surface area contributed by atoms with E-state index >= 15 is 0 Å². The van der Waals surface area contributed by atoms with Crippen molar-refractivity contribution in [3.8, 4) is 0 Å². The van der Waals surface area contributed by atoms with Crippen LogP contribution in [0.1, 0.15) is 31.0 Å². The van der Waals surface area contributed by atoms with Crippen LogP contribution in [0.5, 0.6) is 0 Å². The molecule has 0 aliphatic carbocycles. The van der Waals surface area contributed by atoms with Crippen molar-refractivity contribution >= 4 is 22.8 Å². The summed E-state index contributed by atoms with van der Waals surface area (Å²) in [4.78, 5) is 22.0. The minimum absolute atomic E-state index is 0.0215. The third kappa shape index (κ3) is 4.43. The molecule has 1 saturated heterocycles. The number of fused-ring (bicyclic) bond motifs is 1. The van der Waals surface area contributed by atoms with E-state index in [1.54, 1.807) is 0 Å². The lowest BCUT2D eigenvalue weighted by molar-refractivity contribution is -0.149. The van der Waals surface area contributed by atoms with E-state index in [1.165, 1.54) is 22.2 Å². The summed E-state index contributed by atoms with van der Waals surface area (Å²) in [6.07, 6.45) is 2.58. The lowest BCUT2D eigenvalue weighted by atomic mass is 9.97. The zero-order chi connectivity index (χ0) is 19.2. The van der Waals surface area contributed by atoms with Gasteiger partial charge in [0.15, 0.2) is 5.96 Å². The molecule has 0 bridgehead atoms. The number of piperidine rings is 1. The van der Waals surface area contributed by atoms with Gasteiger partial charge in [-0.15, -0.1) is 0 Å². The van der Waals surface area contributed by atoms with Crippen molar-refractivity contribution in [2.24, 2.45) is 10.9 Å². The van der Waals surface area contributed by atoms with Gasteiger partial charge in [-0.05, 0) is 44.7 Å². The number of aromatic nitrogens is 1. The largest absolute Gasteiger partial charge is 0.466 e. The first kappa shape index (κ1) is 19.3. The fourth-order valence-electron chi connectivity index (χ4n) is 3.88. The lowest BCUT2D eigenvalue weighted by Crippen LogP contribution is -2.47. The number of nitrogens with one attached hydrogen (secondary N) is 2. The summed E-state index contributed by atoms with van der Waals surface area (Å²) >= 11 is 0. The maximum absolute atomic E-state index is 11.9. The predicted molar refractivity (Wildman–Crippen MR) is 109 cm³/mol. The second-order valence-electron chi connectivity index (χ2n) is 7.01. The van der Waals surface area contributed by atoms with Gasteiger partial charge in [-0.25, -0.2) is 0 Å². The van der Waals surface area contributed by atoms with E-state index in [0.717, 1.165) is 44.9 Å². The number of benzene rings is 1. The monoisotopic (exact) mass is 370 g/mol. The number of nitrogens with zero attached hydrogens (tertiary/aromatic N) is 2. The van der Waals surface area contributed by atoms with Gasteiger partial charge in [0.05, 0.1) is 12.5 Å². The summed E-state index contributed by atoms with van der Waals surface area (Å²) in [5.41, 5.74) is 3.77. The number of aliphatic imine (C=N–C) groups is 1. The molecule has 6 nitrogen and oxygen atoms in total. The normalized spacial score (nSPS) is 16.0. The fourth-order valence-corrected chi connectivity index (χ4v) is 3.88. The molecule has 1 aromatic carbocycles. The average Bonchev–Trinajstić information content (AvgIpc) is 3.01. The standard InChI is InChI=1S/C21H30N4O2/c1-4-27-20(26)16-10-13-25(14-11-16)21(22-3)23-12-9-17-15(2)24-19-8-6-5-7-18(17)19/h5-8,16,24H,4,9-14H2,1-3H3,(H,22,23). The van der Waals surface area contributed by atoms with Crippen molar-refractivity contribution in [1.82, 2.24) is 15.2 Å². The van der Waals surface area contributed by atoms with Crippen LogP contribution in [-0.2, 0) is 16.0 Å². The summed E-state index contributed by atoms with van der Waals surface area (Å²) in [6, 6.07) is 8.43. The molecule has 2 N–H and O–H groups in total. The number of aromatic amines is 1. The Balaban J connectivity index is 1.53. The van der Waals surface area contributed by atoms with Gasteiger partial charge in [-0.2, -0.15) is 0 Å². The highest BCUT2D eigenvalue weighted by Gasteiger charge is 2.27. The molecule has 0 spiro atoms. The van der Waals surface area contributed by atoms with Crippen molar-refractivity contribution in [3.63, 3.8) is 0 Å². The Labute approximate surface area is 161 Å². The van der Waals surface area contributed by atoms with E-state index in [2.05, 4.69) is 51.4 Å². The topological polar surface area (TPSA) is 69.7 Å². The van der Waals surface area contributed by atoms with Crippen LogP contribution in [0.4, 0.5) is 0 Å². The van der Waals surface area contributed by atoms with E-state index in [9.17, 15) is 4.79 Å². The second-order valence-corrected chi connectivity index (χ2v) is 7.01. The number of H-pyrrole nitrogens is 1. The summed E-state index contributed by atoms with van der Waals surface area (Å²) in [7, 11) is 1.82. The Hall–Kier alpha value is -2.50. The smallest absolute Gasteiger partial charge is 0.309 e. The van der Waals surface area contributed by atoms with Crippen LogP contribution in [0, 0.1) is 12.8 Å². The molecule has 1 aliphatic heterocycles. The van der Waals surface area contributed by atoms with E-state index in [4.69, 9.17) is 4.74 Å². The maximum atomic E-state index is 11.9. The van der Waals surface area contributed by atoms with E-state index in [1.807, 2.05) is 14.0 Å². The van der Waals surface area contributed by atoms with E-state index in [-0.39, 0.29) is 11.9 Å². The number of aryl methyl sites for hydroxylation is 1. The van der Waals surface area contributed by atoms with Crippen LogP contribution >= 0.6 is 0 Å². The third-order valence-corrected chi connectivity index (χ3v) is 5.31. The van der Waals surface area contributed by atoms with Crippen LogP contribution in [-0.4, -0.2) is 55.1 Å². The number of para-hydroxylation sites is 1. The quantitative estimate of drug-likeness (QED) is 0.482. The van der Waals surface area contributed by atoms with Gasteiger partial charge in [0.25, 0.3) is 0 Å². The average molecular weight is 370 g/mol. The van der Waals surface area contributed by atoms with Crippen LogP contribution in [0.3, 0.4) is 0 Å². The van der Waals surface area contributed by atoms with E-state index < -0.39 is 0 Å². The zero-order valence-corrected chi connectivity index (χ0v) is 16.5. The minimum Gasteiger partial charge on any atom is -0.466 e. The molecule has 0 radical (unpaired) electrons. The third-order valence-electron chi connectivity index (χ3n) is 5.31. The zero-order valence-electron chi connectivity index (χ0n) is 16.5. The molecular formula is C21H30N4O2. The van der Waals surface area contributed by atoms with Gasteiger partial charge in [0, 0.05) is 43.3 Å². The van der Waals surface area contributed by atoms with Crippen molar-refractivity contribution in [2.45, 2.75) is 33.1 Å².